The molecule has 0 spiro atoms. The van der Waals surface area contributed by atoms with Crippen molar-refractivity contribution in [1.29, 1.82) is 0 Å². The topological polar surface area (TPSA) is 125 Å². The molecule has 0 saturated heterocycles. The van der Waals surface area contributed by atoms with E-state index in [1.54, 1.807) is 14.0 Å². The second-order valence-electron chi connectivity index (χ2n) is 4.22. The minimum atomic E-state index is -0.415. The Morgan fingerprint density at radius 2 is 2.17 bits per heavy atom. The first-order valence-electron chi connectivity index (χ1n) is 5.57. The fourth-order valence-electron chi connectivity index (χ4n) is 1.37. The highest BCUT2D eigenvalue weighted by Crippen LogP contribution is 2.07. The van der Waals surface area contributed by atoms with E-state index in [0.29, 0.717) is 12.2 Å². The van der Waals surface area contributed by atoms with Crippen LogP contribution in [-0.4, -0.2) is 38.9 Å². The molecular weight excluding hydrogens is 238 g/mol. The Kier molecular flexibility index (Phi) is 4.64. The van der Waals surface area contributed by atoms with Crippen LogP contribution in [0.15, 0.2) is 4.79 Å². The van der Waals surface area contributed by atoms with Gasteiger partial charge in [-0.15, -0.1) is 0 Å². The molecule has 1 atom stereocenters. The Morgan fingerprint density at radius 1 is 1.50 bits per heavy atom. The average Bonchev–Trinajstić information content (AvgIpc) is 2.70. The van der Waals surface area contributed by atoms with Crippen LogP contribution in [0.25, 0.3) is 0 Å². The summed E-state index contributed by atoms with van der Waals surface area (Å²) in [6, 6.07) is 0. The van der Waals surface area contributed by atoms with Crippen LogP contribution in [0.4, 0.5) is 0 Å². The molecule has 1 heterocycles. The van der Waals surface area contributed by atoms with E-state index in [4.69, 9.17) is 5.73 Å². The van der Waals surface area contributed by atoms with Crippen molar-refractivity contribution in [2.24, 2.45) is 11.7 Å². The maximum atomic E-state index is 11.7. The predicted molar refractivity (Wildman–Crippen MR) is 63.3 cm³/mol. The zero-order valence-corrected chi connectivity index (χ0v) is 10.4. The van der Waals surface area contributed by atoms with E-state index in [9.17, 15) is 14.4 Å². The molecule has 0 fully saturated rings. The lowest BCUT2D eigenvalue weighted by Crippen LogP contribution is -2.28. The van der Waals surface area contributed by atoms with Gasteiger partial charge in [0.25, 0.3) is 0 Å². The third-order valence-corrected chi connectivity index (χ3v) is 2.64. The SMILES string of the molecule is C[C@@H](CCC(=O)N(C)Cc1n[nH]c(=O)[nH]1)C(N)=O. The molecule has 0 aliphatic carbocycles. The number of H-pyrrole nitrogens is 2. The van der Waals surface area contributed by atoms with Crippen LogP contribution in [0.5, 0.6) is 0 Å². The number of hydrogen-bond acceptors (Lipinski definition) is 4. The second kappa shape index (κ2) is 5.99. The summed E-state index contributed by atoms with van der Waals surface area (Å²) >= 11 is 0. The van der Waals surface area contributed by atoms with Gasteiger partial charge in [0.2, 0.25) is 11.8 Å². The molecule has 4 N–H and O–H groups in total. The lowest BCUT2D eigenvalue weighted by Gasteiger charge is -2.16. The summed E-state index contributed by atoms with van der Waals surface area (Å²) in [6.45, 7) is 1.89. The van der Waals surface area contributed by atoms with Gasteiger partial charge in [0.15, 0.2) is 5.82 Å². The zero-order chi connectivity index (χ0) is 13.7. The highest BCUT2D eigenvalue weighted by Gasteiger charge is 2.15. The molecule has 0 radical (unpaired) electrons. The maximum Gasteiger partial charge on any atom is 0.340 e. The fourth-order valence-corrected chi connectivity index (χ4v) is 1.37. The van der Waals surface area contributed by atoms with Crippen LogP contribution in [0.1, 0.15) is 25.6 Å². The molecule has 0 unspecified atom stereocenters. The Hall–Kier alpha value is -2.12. The highest BCUT2D eigenvalue weighted by atomic mass is 16.2. The lowest BCUT2D eigenvalue weighted by molar-refractivity contribution is -0.131. The second-order valence-corrected chi connectivity index (χ2v) is 4.22. The number of carbonyl (C=O) groups excluding carboxylic acids is 2. The van der Waals surface area contributed by atoms with Gasteiger partial charge in [-0.05, 0) is 6.42 Å². The smallest absolute Gasteiger partial charge is 0.340 e. The van der Waals surface area contributed by atoms with Crippen molar-refractivity contribution in [2.45, 2.75) is 26.3 Å². The number of nitrogens with two attached hydrogens (primary N) is 1. The number of aromatic nitrogens is 3. The van der Waals surface area contributed by atoms with E-state index in [0.717, 1.165) is 0 Å². The Bertz CT molecular complexity index is 478. The van der Waals surface area contributed by atoms with Gasteiger partial charge < -0.3 is 10.6 Å². The van der Waals surface area contributed by atoms with Gasteiger partial charge in [0.1, 0.15) is 0 Å². The number of rotatable bonds is 6. The number of primary amides is 1. The molecule has 0 aliphatic heterocycles. The summed E-state index contributed by atoms with van der Waals surface area (Å²) in [4.78, 5) is 37.2. The first-order chi connectivity index (χ1) is 8.40. The number of amides is 2. The zero-order valence-electron chi connectivity index (χ0n) is 10.4. The van der Waals surface area contributed by atoms with Crippen LogP contribution in [0, 0.1) is 5.92 Å². The van der Waals surface area contributed by atoms with Crippen molar-refractivity contribution in [1.82, 2.24) is 20.1 Å². The van der Waals surface area contributed by atoms with Crippen LogP contribution < -0.4 is 11.4 Å². The molecule has 1 rings (SSSR count). The number of aromatic amines is 2. The number of carbonyl (C=O) groups is 2. The van der Waals surface area contributed by atoms with Crippen LogP contribution in [-0.2, 0) is 16.1 Å². The summed E-state index contributed by atoms with van der Waals surface area (Å²) in [7, 11) is 1.60. The summed E-state index contributed by atoms with van der Waals surface area (Å²) < 4.78 is 0. The van der Waals surface area contributed by atoms with Gasteiger partial charge in [0, 0.05) is 19.4 Å². The summed E-state index contributed by atoms with van der Waals surface area (Å²) in [5, 5.41) is 5.92. The minimum Gasteiger partial charge on any atom is -0.369 e. The van der Waals surface area contributed by atoms with Crippen molar-refractivity contribution >= 4 is 11.8 Å². The predicted octanol–water partition coefficient (Wildman–Crippen LogP) is -1.04. The third-order valence-electron chi connectivity index (χ3n) is 2.64. The molecular formula is C10H17N5O3. The normalized spacial score (nSPS) is 12.1. The number of hydrogen-bond donors (Lipinski definition) is 3. The molecule has 8 heteroatoms. The van der Waals surface area contributed by atoms with E-state index in [-0.39, 0.29) is 24.8 Å². The lowest BCUT2D eigenvalue weighted by atomic mass is 10.0. The summed E-state index contributed by atoms with van der Waals surface area (Å²) in [5.41, 5.74) is 4.70. The molecule has 1 aromatic heterocycles. The molecule has 0 aliphatic rings. The van der Waals surface area contributed by atoms with Gasteiger partial charge in [-0.2, -0.15) is 5.10 Å². The first-order valence-corrected chi connectivity index (χ1v) is 5.57. The van der Waals surface area contributed by atoms with Crippen molar-refractivity contribution < 1.29 is 9.59 Å². The van der Waals surface area contributed by atoms with E-state index in [1.165, 1.54) is 4.90 Å². The monoisotopic (exact) mass is 255 g/mol. The molecule has 1 aromatic rings. The molecule has 8 nitrogen and oxygen atoms in total. The van der Waals surface area contributed by atoms with Crippen molar-refractivity contribution in [3.8, 4) is 0 Å². The van der Waals surface area contributed by atoms with Crippen LogP contribution >= 0.6 is 0 Å². The molecule has 0 bridgehead atoms. The van der Waals surface area contributed by atoms with Gasteiger partial charge in [-0.1, -0.05) is 6.92 Å². The molecule has 0 aromatic carbocycles. The van der Waals surface area contributed by atoms with E-state index < -0.39 is 11.6 Å². The van der Waals surface area contributed by atoms with E-state index >= 15 is 0 Å². The summed E-state index contributed by atoms with van der Waals surface area (Å²) in [5.74, 6) is -0.486. The van der Waals surface area contributed by atoms with Crippen molar-refractivity contribution in [3.63, 3.8) is 0 Å². The molecule has 18 heavy (non-hydrogen) atoms. The Morgan fingerprint density at radius 3 is 2.67 bits per heavy atom. The largest absolute Gasteiger partial charge is 0.369 e. The number of nitrogens with zero attached hydrogens (tertiary/aromatic N) is 2. The van der Waals surface area contributed by atoms with Gasteiger partial charge >= 0.3 is 5.69 Å². The maximum absolute atomic E-state index is 11.7. The Balaban J connectivity index is 2.42. The fraction of sp³-hybridized carbons (Fsp3) is 0.600. The standard InChI is InChI=1S/C10H17N5O3/c1-6(9(11)17)3-4-8(16)15(2)5-7-12-10(18)14-13-7/h6H,3-5H2,1-2H3,(H2,11,17)(H2,12,13,14,18)/t6-/m0/s1. The van der Waals surface area contributed by atoms with Crippen molar-refractivity contribution in [3.05, 3.63) is 16.3 Å². The van der Waals surface area contributed by atoms with Crippen LogP contribution in [0.2, 0.25) is 0 Å². The van der Waals surface area contributed by atoms with Gasteiger partial charge in [0.05, 0.1) is 6.54 Å². The quantitative estimate of drug-likeness (QED) is 0.600. The molecule has 0 saturated carbocycles. The first kappa shape index (κ1) is 13.9. The van der Waals surface area contributed by atoms with Crippen molar-refractivity contribution in [2.75, 3.05) is 7.05 Å². The highest BCUT2D eigenvalue weighted by molar-refractivity contribution is 5.79. The molecule has 100 valence electrons. The van der Waals surface area contributed by atoms with Gasteiger partial charge in [-0.3, -0.25) is 14.6 Å². The van der Waals surface area contributed by atoms with Crippen LogP contribution in [0.3, 0.4) is 0 Å². The Labute approximate surface area is 104 Å². The average molecular weight is 255 g/mol. The van der Waals surface area contributed by atoms with Gasteiger partial charge in [-0.25, -0.2) is 9.89 Å². The van der Waals surface area contributed by atoms with E-state index in [2.05, 4.69) is 15.2 Å². The third kappa shape index (κ3) is 4.04. The number of nitrogens with one attached hydrogen (secondary N) is 2. The minimum absolute atomic E-state index is 0.132. The summed E-state index contributed by atoms with van der Waals surface area (Å²) in [6.07, 6.45) is 0.644. The van der Waals surface area contributed by atoms with E-state index in [1.807, 2.05) is 0 Å². The molecule has 2 amide bonds.